The third-order valence-electron chi connectivity index (χ3n) is 4.62. The minimum atomic E-state index is -0.335. The molecule has 2 aliphatic rings. The number of thiophene rings is 1. The molecule has 5 heteroatoms. The van der Waals surface area contributed by atoms with Crippen LogP contribution >= 0.6 is 11.3 Å². The number of carbonyl (C=O) groups is 2. The van der Waals surface area contributed by atoms with E-state index in [2.05, 4.69) is 23.0 Å². The van der Waals surface area contributed by atoms with Gasteiger partial charge in [0.15, 0.2) is 0 Å². The van der Waals surface area contributed by atoms with Crippen molar-refractivity contribution in [2.75, 3.05) is 0 Å². The average Bonchev–Trinajstić information content (AvgIpc) is 3.01. The minimum Gasteiger partial charge on any atom is -0.301 e. The fourth-order valence-electron chi connectivity index (χ4n) is 3.33. The monoisotopic (exact) mass is 306 g/mol. The number of likely N-dealkylation sites (tertiary alicyclic amines) is 1. The molecule has 1 saturated carbocycles. The number of aryl methyl sites for hydroxylation is 1. The average molecular weight is 306 g/mol. The highest BCUT2D eigenvalue weighted by atomic mass is 32.1. The molecule has 2 fully saturated rings. The minimum absolute atomic E-state index is 0.00596. The lowest BCUT2D eigenvalue weighted by Gasteiger charge is -2.29. The van der Waals surface area contributed by atoms with E-state index in [0.717, 1.165) is 25.7 Å². The molecular formula is C16H22N2O2S. The van der Waals surface area contributed by atoms with Gasteiger partial charge in [-0.15, -0.1) is 0 Å². The number of imide groups is 1. The van der Waals surface area contributed by atoms with Crippen LogP contribution in [-0.2, 0) is 16.1 Å². The van der Waals surface area contributed by atoms with Crippen molar-refractivity contribution in [2.24, 2.45) is 0 Å². The molecule has 1 unspecified atom stereocenters. The molecule has 1 atom stereocenters. The van der Waals surface area contributed by atoms with Crippen LogP contribution in [0.1, 0.15) is 49.7 Å². The number of carbonyl (C=O) groups excluding carboxylic acids is 2. The highest BCUT2D eigenvalue weighted by Crippen LogP contribution is 2.27. The SMILES string of the molecule is Cc1cscc1CNC1CC(=O)N(C2CCCCC2)C1=O. The van der Waals surface area contributed by atoms with Gasteiger partial charge in [0.05, 0.1) is 12.5 Å². The van der Waals surface area contributed by atoms with Crippen LogP contribution in [0.3, 0.4) is 0 Å². The maximum absolute atomic E-state index is 12.5. The Hall–Kier alpha value is -1.20. The van der Waals surface area contributed by atoms with Gasteiger partial charge in [0.25, 0.3) is 0 Å². The normalized spacial score (nSPS) is 24.0. The Kier molecular flexibility index (Phi) is 4.40. The zero-order chi connectivity index (χ0) is 14.8. The molecule has 0 spiro atoms. The van der Waals surface area contributed by atoms with Gasteiger partial charge in [0.2, 0.25) is 11.8 Å². The van der Waals surface area contributed by atoms with E-state index in [4.69, 9.17) is 0 Å². The second-order valence-electron chi connectivity index (χ2n) is 6.11. The van der Waals surface area contributed by atoms with Crippen molar-refractivity contribution in [1.29, 1.82) is 0 Å². The lowest BCUT2D eigenvalue weighted by molar-refractivity contribution is -0.142. The number of nitrogens with one attached hydrogen (secondary N) is 1. The van der Waals surface area contributed by atoms with E-state index < -0.39 is 0 Å². The van der Waals surface area contributed by atoms with Gasteiger partial charge in [-0.25, -0.2) is 0 Å². The van der Waals surface area contributed by atoms with Crippen LogP contribution in [0.25, 0.3) is 0 Å². The van der Waals surface area contributed by atoms with Crippen molar-refractivity contribution < 1.29 is 9.59 Å². The van der Waals surface area contributed by atoms with Crippen LogP contribution in [0.4, 0.5) is 0 Å². The summed E-state index contributed by atoms with van der Waals surface area (Å²) in [6.45, 7) is 2.74. The maximum atomic E-state index is 12.5. The Morgan fingerprint density at radius 1 is 1.24 bits per heavy atom. The van der Waals surface area contributed by atoms with Crippen molar-refractivity contribution in [1.82, 2.24) is 10.2 Å². The van der Waals surface area contributed by atoms with E-state index in [1.807, 2.05) is 0 Å². The standard InChI is InChI=1S/C16H22N2O2S/c1-11-9-21-10-12(11)8-17-14-7-15(19)18(16(14)20)13-5-3-2-4-6-13/h9-10,13-14,17H,2-8H2,1H3. The molecule has 4 nitrogen and oxygen atoms in total. The molecule has 1 aromatic rings. The van der Waals surface area contributed by atoms with Gasteiger partial charge in [-0.3, -0.25) is 14.5 Å². The molecule has 1 N–H and O–H groups in total. The van der Waals surface area contributed by atoms with E-state index in [-0.39, 0.29) is 23.9 Å². The number of hydrogen-bond acceptors (Lipinski definition) is 4. The van der Waals surface area contributed by atoms with Gasteiger partial charge in [-0.1, -0.05) is 19.3 Å². The van der Waals surface area contributed by atoms with E-state index in [1.165, 1.54) is 17.5 Å². The van der Waals surface area contributed by atoms with Gasteiger partial charge >= 0.3 is 0 Å². The molecular weight excluding hydrogens is 284 g/mol. The predicted octanol–water partition coefficient (Wildman–Crippen LogP) is 2.61. The van der Waals surface area contributed by atoms with Crippen molar-refractivity contribution in [2.45, 2.75) is 64.1 Å². The molecule has 1 aliphatic heterocycles. The highest BCUT2D eigenvalue weighted by Gasteiger charge is 2.42. The van der Waals surface area contributed by atoms with Gasteiger partial charge in [0, 0.05) is 12.6 Å². The number of amides is 2. The fraction of sp³-hybridized carbons (Fsp3) is 0.625. The van der Waals surface area contributed by atoms with Gasteiger partial charge in [-0.2, -0.15) is 11.3 Å². The molecule has 2 amide bonds. The molecule has 2 heterocycles. The van der Waals surface area contributed by atoms with Crippen molar-refractivity contribution in [3.05, 3.63) is 21.9 Å². The second kappa shape index (κ2) is 6.28. The Bertz CT molecular complexity index is 534. The second-order valence-corrected chi connectivity index (χ2v) is 6.86. The molecule has 3 rings (SSSR count). The summed E-state index contributed by atoms with van der Waals surface area (Å²) in [5.74, 6) is -0.00813. The fourth-order valence-corrected chi connectivity index (χ4v) is 4.19. The van der Waals surface area contributed by atoms with Crippen molar-refractivity contribution >= 4 is 23.2 Å². The molecule has 114 valence electrons. The van der Waals surface area contributed by atoms with Crippen LogP contribution in [-0.4, -0.2) is 28.8 Å². The van der Waals surface area contributed by atoms with Crippen LogP contribution < -0.4 is 5.32 Å². The summed E-state index contributed by atoms with van der Waals surface area (Å²) in [4.78, 5) is 26.2. The first-order chi connectivity index (χ1) is 10.2. The summed E-state index contributed by atoms with van der Waals surface area (Å²) in [6, 6.07) is -0.188. The van der Waals surface area contributed by atoms with Crippen LogP contribution in [0, 0.1) is 6.92 Å². The van der Waals surface area contributed by atoms with Crippen molar-refractivity contribution in [3.63, 3.8) is 0 Å². The van der Waals surface area contributed by atoms with Crippen LogP contribution in [0.2, 0.25) is 0 Å². The zero-order valence-electron chi connectivity index (χ0n) is 12.4. The molecule has 1 saturated heterocycles. The lowest BCUT2D eigenvalue weighted by Crippen LogP contribution is -2.44. The van der Waals surface area contributed by atoms with Crippen LogP contribution in [0.15, 0.2) is 10.8 Å². The topological polar surface area (TPSA) is 49.4 Å². The molecule has 0 aromatic carbocycles. The number of nitrogens with zero attached hydrogens (tertiary/aromatic N) is 1. The molecule has 0 bridgehead atoms. The Labute approximate surface area is 129 Å². The molecule has 1 aromatic heterocycles. The summed E-state index contributed by atoms with van der Waals surface area (Å²) in [5.41, 5.74) is 2.46. The lowest BCUT2D eigenvalue weighted by atomic mass is 9.94. The van der Waals surface area contributed by atoms with Gasteiger partial charge in [0.1, 0.15) is 0 Å². The first-order valence-electron chi connectivity index (χ1n) is 7.78. The Balaban J connectivity index is 1.61. The van der Waals surface area contributed by atoms with E-state index in [9.17, 15) is 9.59 Å². The first-order valence-corrected chi connectivity index (χ1v) is 8.72. The smallest absolute Gasteiger partial charge is 0.247 e. The highest BCUT2D eigenvalue weighted by molar-refractivity contribution is 7.08. The summed E-state index contributed by atoms with van der Waals surface area (Å²) in [5, 5.41) is 7.47. The summed E-state index contributed by atoms with van der Waals surface area (Å²) < 4.78 is 0. The van der Waals surface area contributed by atoms with Gasteiger partial charge < -0.3 is 5.32 Å². The molecule has 0 radical (unpaired) electrons. The van der Waals surface area contributed by atoms with E-state index in [1.54, 1.807) is 16.2 Å². The van der Waals surface area contributed by atoms with E-state index >= 15 is 0 Å². The van der Waals surface area contributed by atoms with Crippen molar-refractivity contribution in [3.8, 4) is 0 Å². The quantitative estimate of drug-likeness (QED) is 0.870. The zero-order valence-corrected chi connectivity index (χ0v) is 13.2. The Morgan fingerprint density at radius 2 is 2.00 bits per heavy atom. The third-order valence-corrected chi connectivity index (χ3v) is 5.53. The number of rotatable bonds is 4. The maximum Gasteiger partial charge on any atom is 0.247 e. The summed E-state index contributed by atoms with van der Waals surface area (Å²) in [7, 11) is 0. The number of hydrogen-bond donors (Lipinski definition) is 1. The Morgan fingerprint density at radius 3 is 2.67 bits per heavy atom. The molecule has 21 heavy (non-hydrogen) atoms. The molecule has 1 aliphatic carbocycles. The van der Waals surface area contributed by atoms with E-state index in [0.29, 0.717) is 13.0 Å². The third kappa shape index (κ3) is 3.04. The largest absolute Gasteiger partial charge is 0.301 e. The van der Waals surface area contributed by atoms with Gasteiger partial charge in [-0.05, 0) is 41.7 Å². The summed E-state index contributed by atoms with van der Waals surface area (Å²) >= 11 is 1.67. The predicted molar refractivity (Wildman–Crippen MR) is 83.0 cm³/mol. The first kappa shape index (κ1) is 14.7. The van der Waals surface area contributed by atoms with Crippen LogP contribution in [0.5, 0.6) is 0 Å². The summed E-state index contributed by atoms with van der Waals surface area (Å²) in [6.07, 6.45) is 5.77.